The van der Waals surface area contributed by atoms with E-state index in [0.717, 1.165) is 57.8 Å². The topological polar surface area (TPSA) is 44.4 Å². The van der Waals surface area contributed by atoms with Crippen LogP contribution in [0.5, 0.6) is 0 Å². The maximum atomic E-state index is 12.3. The summed E-state index contributed by atoms with van der Waals surface area (Å²) in [4.78, 5) is 14.8. The van der Waals surface area contributed by atoms with Gasteiger partial charge >= 0.3 is 0 Å². The molecule has 2 saturated heterocycles. The van der Waals surface area contributed by atoms with Gasteiger partial charge in [0.1, 0.15) is 0 Å². The van der Waals surface area contributed by atoms with Crippen LogP contribution in [-0.4, -0.2) is 49.6 Å². The van der Waals surface area contributed by atoms with Gasteiger partial charge in [-0.2, -0.15) is 0 Å². The molecule has 0 aromatic heterocycles. The molecule has 2 unspecified atom stereocenters. The van der Waals surface area contributed by atoms with Crippen molar-refractivity contribution in [2.45, 2.75) is 58.4 Å². The van der Waals surface area contributed by atoms with Crippen molar-refractivity contribution < 1.29 is 4.79 Å². The number of amides is 1. The fourth-order valence-corrected chi connectivity index (χ4v) is 3.58. The molecular weight excluding hydrogens is 298 g/mol. The third-order valence-electron chi connectivity index (χ3n) is 5.16. The lowest BCUT2D eigenvalue weighted by Crippen LogP contribution is -2.49. The summed E-state index contributed by atoms with van der Waals surface area (Å²) in [5.74, 6) is 1.31. The van der Waals surface area contributed by atoms with Crippen molar-refractivity contribution in [2.24, 2.45) is 11.8 Å². The SMILES string of the molecule is CCCCNC(=O)C1CCC(C)N(CC2CCNCC2)C1.Cl. The van der Waals surface area contributed by atoms with E-state index in [1.807, 2.05) is 0 Å². The van der Waals surface area contributed by atoms with Gasteiger partial charge in [-0.05, 0) is 58.0 Å². The second-order valence-electron chi connectivity index (χ2n) is 6.92. The molecule has 2 N–H and O–H groups in total. The first-order valence-electron chi connectivity index (χ1n) is 8.93. The zero-order valence-electron chi connectivity index (χ0n) is 14.3. The molecule has 22 heavy (non-hydrogen) atoms. The first-order chi connectivity index (χ1) is 10.2. The van der Waals surface area contributed by atoms with E-state index in [-0.39, 0.29) is 24.2 Å². The summed E-state index contributed by atoms with van der Waals surface area (Å²) < 4.78 is 0. The molecular formula is C17H34ClN3O. The normalized spacial score (nSPS) is 27.2. The van der Waals surface area contributed by atoms with Crippen LogP contribution in [0.4, 0.5) is 0 Å². The molecule has 0 saturated carbocycles. The van der Waals surface area contributed by atoms with Crippen molar-refractivity contribution in [3.63, 3.8) is 0 Å². The Labute approximate surface area is 142 Å². The van der Waals surface area contributed by atoms with E-state index in [1.54, 1.807) is 0 Å². The van der Waals surface area contributed by atoms with Crippen molar-refractivity contribution in [1.29, 1.82) is 0 Å². The number of nitrogens with zero attached hydrogens (tertiary/aromatic N) is 1. The van der Waals surface area contributed by atoms with Gasteiger partial charge in [0.15, 0.2) is 0 Å². The molecule has 5 heteroatoms. The van der Waals surface area contributed by atoms with E-state index < -0.39 is 0 Å². The molecule has 2 heterocycles. The van der Waals surface area contributed by atoms with E-state index in [1.165, 1.54) is 19.4 Å². The number of piperidine rings is 2. The van der Waals surface area contributed by atoms with Gasteiger partial charge in [-0.25, -0.2) is 0 Å². The van der Waals surface area contributed by atoms with Gasteiger partial charge in [-0.15, -0.1) is 12.4 Å². The zero-order valence-corrected chi connectivity index (χ0v) is 15.1. The van der Waals surface area contributed by atoms with E-state index in [0.29, 0.717) is 6.04 Å². The van der Waals surface area contributed by atoms with Crippen LogP contribution in [-0.2, 0) is 4.79 Å². The van der Waals surface area contributed by atoms with E-state index in [2.05, 4.69) is 29.4 Å². The molecule has 0 radical (unpaired) electrons. The van der Waals surface area contributed by atoms with E-state index in [9.17, 15) is 4.79 Å². The maximum absolute atomic E-state index is 12.3. The van der Waals surface area contributed by atoms with Crippen LogP contribution in [0, 0.1) is 11.8 Å². The molecule has 2 fully saturated rings. The van der Waals surface area contributed by atoms with Gasteiger partial charge in [-0.1, -0.05) is 13.3 Å². The average molecular weight is 332 g/mol. The van der Waals surface area contributed by atoms with Crippen LogP contribution in [0.3, 0.4) is 0 Å². The van der Waals surface area contributed by atoms with Crippen LogP contribution in [0.1, 0.15) is 52.4 Å². The second kappa shape index (κ2) is 10.5. The molecule has 2 atom stereocenters. The quantitative estimate of drug-likeness (QED) is 0.735. The highest BCUT2D eigenvalue weighted by Gasteiger charge is 2.31. The largest absolute Gasteiger partial charge is 0.356 e. The van der Waals surface area contributed by atoms with Crippen molar-refractivity contribution in [3.8, 4) is 0 Å². The number of halogens is 1. The lowest BCUT2D eigenvalue weighted by Gasteiger charge is -2.40. The Morgan fingerprint density at radius 1 is 1.23 bits per heavy atom. The Bertz CT molecular complexity index is 321. The predicted octanol–water partition coefficient (Wildman–Crippen LogP) is 2.42. The van der Waals surface area contributed by atoms with Gasteiger partial charge in [0.2, 0.25) is 5.91 Å². The van der Waals surface area contributed by atoms with Crippen molar-refractivity contribution in [2.75, 3.05) is 32.7 Å². The van der Waals surface area contributed by atoms with Gasteiger partial charge in [0, 0.05) is 25.7 Å². The zero-order chi connectivity index (χ0) is 15.1. The molecule has 130 valence electrons. The minimum Gasteiger partial charge on any atom is -0.356 e. The Hall–Kier alpha value is -0.320. The highest BCUT2D eigenvalue weighted by molar-refractivity contribution is 5.85. The standard InChI is InChI=1S/C17H33N3O.ClH/c1-3-4-9-19-17(21)16-6-5-14(2)20(13-16)12-15-7-10-18-11-8-15;/h14-16,18H,3-13H2,1-2H3,(H,19,21);1H. The molecule has 2 rings (SSSR count). The van der Waals surface area contributed by atoms with Gasteiger partial charge in [-0.3, -0.25) is 9.69 Å². The summed E-state index contributed by atoms with van der Waals surface area (Å²) >= 11 is 0. The molecule has 0 aliphatic carbocycles. The van der Waals surface area contributed by atoms with Crippen LogP contribution in [0.2, 0.25) is 0 Å². The Kier molecular flexibility index (Phi) is 9.37. The Balaban J connectivity index is 0.00000242. The first-order valence-corrected chi connectivity index (χ1v) is 8.93. The lowest BCUT2D eigenvalue weighted by molar-refractivity contribution is -0.127. The van der Waals surface area contributed by atoms with Gasteiger partial charge < -0.3 is 10.6 Å². The molecule has 1 amide bonds. The first kappa shape index (κ1) is 19.7. The Morgan fingerprint density at radius 2 is 1.95 bits per heavy atom. The predicted molar refractivity (Wildman–Crippen MR) is 94.5 cm³/mol. The molecule has 2 aliphatic heterocycles. The molecule has 4 nitrogen and oxygen atoms in total. The third kappa shape index (κ3) is 6.05. The molecule has 0 aromatic rings. The molecule has 0 aromatic carbocycles. The number of hydrogen-bond acceptors (Lipinski definition) is 3. The average Bonchev–Trinajstić information content (AvgIpc) is 2.50. The minimum atomic E-state index is 0. The summed E-state index contributed by atoms with van der Waals surface area (Å²) in [7, 11) is 0. The smallest absolute Gasteiger partial charge is 0.224 e. The summed E-state index contributed by atoms with van der Waals surface area (Å²) in [5.41, 5.74) is 0. The van der Waals surface area contributed by atoms with Gasteiger partial charge in [0.05, 0.1) is 5.92 Å². The molecule has 0 bridgehead atoms. The summed E-state index contributed by atoms with van der Waals surface area (Å²) in [6, 6.07) is 0.638. The van der Waals surface area contributed by atoms with Crippen LogP contribution >= 0.6 is 12.4 Å². The van der Waals surface area contributed by atoms with Crippen molar-refractivity contribution in [3.05, 3.63) is 0 Å². The van der Waals surface area contributed by atoms with Crippen molar-refractivity contribution >= 4 is 18.3 Å². The van der Waals surface area contributed by atoms with Crippen molar-refractivity contribution in [1.82, 2.24) is 15.5 Å². The van der Waals surface area contributed by atoms with Crippen LogP contribution in [0.15, 0.2) is 0 Å². The Morgan fingerprint density at radius 3 is 2.64 bits per heavy atom. The highest BCUT2D eigenvalue weighted by Crippen LogP contribution is 2.25. The minimum absolute atomic E-state index is 0. The monoisotopic (exact) mass is 331 g/mol. The maximum Gasteiger partial charge on any atom is 0.224 e. The highest BCUT2D eigenvalue weighted by atomic mass is 35.5. The number of carbonyl (C=O) groups excluding carboxylic acids is 1. The molecule has 0 spiro atoms. The second-order valence-corrected chi connectivity index (χ2v) is 6.92. The van der Waals surface area contributed by atoms with Gasteiger partial charge in [0.25, 0.3) is 0 Å². The van der Waals surface area contributed by atoms with Crippen LogP contribution in [0.25, 0.3) is 0 Å². The number of likely N-dealkylation sites (tertiary alicyclic amines) is 1. The fraction of sp³-hybridized carbons (Fsp3) is 0.941. The number of rotatable bonds is 6. The third-order valence-corrected chi connectivity index (χ3v) is 5.16. The van der Waals surface area contributed by atoms with E-state index >= 15 is 0 Å². The number of carbonyl (C=O) groups is 1. The van der Waals surface area contributed by atoms with E-state index in [4.69, 9.17) is 0 Å². The summed E-state index contributed by atoms with van der Waals surface area (Å²) in [6.07, 6.45) is 7.03. The number of nitrogens with one attached hydrogen (secondary N) is 2. The summed E-state index contributed by atoms with van der Waals surface area (Å²) in [6.45, 7) is 9.80. The fourth-order valence-electron chi connectivity index (χ4n) is 3.58. The number of unbranched alkanes of at least 4 members (excludes halogenated alkanes) is 1. The molecule has 2 aliphatic rings. The lowest BCUT2D eigenvalue weighted by atomic mass is 9.90. The van der Waals surface area contributed by atoms with Crippen LogP contribution < -0.4 is 10.6 Å². The number of hydrogen-bond donors (Lipinski definition) is 2. The summed E-state index contributed by atoms with van der Waals surface area (Å²) in [5, 5.41) is 6.55.